The van der Waals surface area contributed by atoms with Crippen molar-refractivity contribution in [1.29, 1.82) is 0 Å². The third-order valence-electron chi connectivity index (χ3n) is 3.12. The summed E-state index contributed by atoms with van der Waals surface area (Å²) in [5.41, 5.74) is 2.66. The van der Waals surface area contributed by atoms with Gasteiger partial charge in [-0.25, -0.2) is 0 Å². The lowest BCUT2D eigenvalue weighted by Gasteiger charge is -2.20. The molecule has 0 fully saturated rings. The van der Waals surface area contributed by atoms with Crippen LogP contribution in [0.1, 0.15) is 42.8 Å². The Balaban J connectivity index is 2.07. The van der Waals surface area contributed by atoms with E-state index in [-0.39, 0.29) is 6.04 Å². The van der Waals surface area contributed by atoms with E-state index in [1.54, 1.807) is 6.26 Å². The molecular formula is C15H19NO. The molecule has 2 nitrogen and oxygen atoms in total. The van der Waals surface area contributed by atoms with Gasteiger partial charge in [-0.1, -0.05) is 24.3 Å². The molecule has 2 heteroatoms. The molecule has 17 heavy (non-hydrogen) atoms. The van der Waals surface area contributed by atoms with Gasteiger partial charge in [0.25, 0.3) is 0 Å². The summed E-state index contributed by atoms with van der Waals surface area (Å²) < 4.78 is 5.40. The molecule has 0 spiro atoms. The highest BCUT2D eigenvalue weighted by molar-refractivity contribution is 5.28. The summed E-state index contributed by atoms with van der Waals surface area (Å²) in [6.07, 6.45) is 1.71. The van der Waals surface area contributed by atoms with Crippen molar-refractivity contribution in [3.63, 3.8) is 0 Å². The summed E-state index contributed by atoms with van der Waals surface area (Å²) in [4.78, 5) is 0. The van der Waals surface area contributed by atoms with Crippen LogP contribution in [0.4, 0.5) is 0 Å². The summed E-state index contributed by atoms with van der Waals surface area (Å²) in [6, 6.07) is 12.9. The zero-order chi connectivity index (χ0) is 12.3. The number of hydrogen-bond donors (Lipinski definition) is 1. The predicted octanol–water partition coefficient (Wildman–Crippen LogP) is 4.00. The fourth-order valence-electron chi connectivity index (χ4n) is 2.16. The third kappa shape index (κ3) is 2.77. The van der Waals surface area contributed by atoms with E-state index in [0.29, 0.717) is 6.04 Å². The lowest BCUT2D eigenvalue weighted by atomic mass is 10.0. The average molecular weight is 229 g/mol. The molecule has 90 valence electrons. The Bertz CT molecular complexity index is 462. The number of rotatable bonds is 4. The van der Waals surface area contributed by atoms with Crippen LogP contribution in [-0.2, 0) is 0 Å². The molecule has 2 atom stereocenters. The first kappa shape index (κ1) is 11.9. The van der Waals surface area contributed by atoms with Crippen molar-refractivity contribution in [2.24, 2.45) is 0 Å². The van der Waals surface area contributed by atoms with Gasteiger partial charge in [0, 0.05) is 6.04 Å². The molecule has 0 saturated heterocycles. The number of furan rings is 1. The predicted molar refractivity (Wildman–Crippen MR) is 69.9 cm³/mol. The van der Waals surface area contributed by atoms with Crippen LogP contribution < -0.4 is 5.32 Å². The normalized spacial score (nSPS) is 14.5. The Morgan fingerprint density at radius 3 is 2.41 bits per heavy atom. The van der Waals surface area contributed by atoms with Crippen LogP contribution in [0.25, 0.3) is 0 Å². The van der Waals surface area contributed by atoms with Crippen molar-refractivity contribution >= 4 is 0 Å². The van der Waals surface area contributed by atoms with Crippen molar-refractivity contribution in [3.8, 4) is 0 Å². The minimum atomic E-state index is 0.222. The molecule has 0 radical (unpaired) electrons. The smallest absolute Gasteiger partial charge is 0.120 e. The lowest BCUT2D eigenvalue weighted by molar-refractivity contribution is 0.402. The minimum absolute atomic E-state index is 0.222. The topological polar surface area (TPSA) is 25.2 Å². The maximum Gasteiger partial charge on any atom is 0.120 e. The van der Waals surface area contributed by atoms with Gasteiger partial charge in [-0.3, -0.25) is 0 Å². The maximum atomic E-state index is 5.40. The molecule has 1 aromatic carbocycles. The van der Waals surface area contributed by atoms with Crippen LogP contribution in [0.15, 0.2) is 47.1 Å². The van der Waals surface area contributed by atoms with E-state index in [1.165, 1.54) is 11.1 Å². The summed E-state index contributed by atoms with van der Waals surface area (Å²) in [7, 11) is 0. The Hall–Kier alpha value is -1.54. The number of aryl methyl sites for hydroxylation is 1. The Morgan fingerprint density at radius 2 is 1.76 bits per heavy atom. The monoisotopic (exact) mass is 229 g/mol. The lowest BCUT2D eigenvalue weighted by Crippen LogP contribution is -2.22. The van der Waals surface area contributed by atoms with E-state index in [4.69, 9.17) is 4.42 Å². The van der Waals surface area contributed by atoms with Gasteiger partial charge in [0.1, 0.15) is 5.76 Å². The van der Waals surface area contributed by atoms with E-state index in [0.717, 1.165) is 5.76 Å². The summed E-state index contributed by atoms with van der Waals surface area (Å²) >= 11 is 0. The molecule has 0 amide bonds. The van der Waals surface area contributed by atoms with Crippen molar-refractivity contribution in [2.45, 2.75) is 32.9 Å². The first-order valence-corrected chi connectivity index (χ1v) is 6.03. The first-order chi connectivity index (χ1) is 8.18. The minimum Gasteiger partial charge on any atom is -0.468 e. The molecular weight excluding hydrogens is 210 g/mol. The molecule has 0 saturated carbocycles. The summed E-state index contributed by atoms with van der Waals surface area (Å²) in [6.45, 7) is 6.44. The van der Waals surface area contributed by atoms with Crippen molar-refractivity contribution in [2.75, 3.05) is 0 Å². The van der Waals surface area contributed by atoms with Crippen LogP contribution in [0.5, 0.6) is 0 Å². The average Bonchev–Trinajstić information content (AvgIpc) is 2.82. The van der Waals surface area contributed by atoms with Crippen LogP contribution in [0, 0.1) is 6.92 Å². The highest BCUT2D eigenvalue weighted by Crippen LogP contribution is 2.21. The second-order valence-electron chi connectivity index (χ2n) is 4.48. The van der Waals surface area contributed by atoms with E-state index < -0.39 is 0 Å². The fraction of sp³-hybridized carbons (Fsp3) is 0.333. The molecule has 0 aliphatic heterocycles. The molecule has 2 rings (SSSR count). The summed E-state index contributed by atoms with van der Waals surface area (Å²) in [5.74, 6) is 0.977. The van der Waals surface area contributed by atoms with Crippen molar-refractivity contribution < 1.29 is 4.42 Å². The van der Waals surface area contributed by atoms with Gasteiger partial charge in [0.2, 0.25) is 0 Å². The van der Waals surface area contributed by atoms with Crippen LogP contribution in [0.2, 0.25) is 0 Å². The fourth-order valence-corrected chi connectivity index (χ4v) is 2.16. The zero-order valence-corrected chi connectivity index (χ0v) is 10.6. The highest BCUT2D eigenvalue weighted by Gasteiger charge is 2.13. The van der Waals surface area contributed by atoms with E-state index in [1.807, 2.05) is 12.1 Å². The zero-order valence-electron chi connectivity index (χ0n) is 10.6. The number of nitrogens with one attached hydrogen (secondary N) is 1. The van der Waals surface area contributed by atoms with Crippen LogP contribution in [0.3, 0.4) is 0 Å². The van der Waals surface area contributed by atoms with Gasteiger partial charge >= 0.3 is 0 Å². The number of benzene rings is 1. The van der Waals surface area contributed by atoms with Gasteiger partial charge in [0.05, 0.1) is 12.3 Å². The Kier molecular flexibility index (Phi) is 3.64. The van der Waals surface area contributed by atoms with Gasteiger partial charge in [0.15, 0.2) is 0 Å². The molecule has 2 aromatic rings. The molecule has 1 N–H and O–H groups in total. The van der Waals surface area contributed by atoms with E-state index in [9.17, 15) is 0 Å². The molecule has 1 unspecified atom stereocenters. The van der Waals surface area contributed by atoms with Crippen molar-refractivity contribution in [1.82, 2.24) is 5.32 Å². The Labute approximate surface area is 103 Å². The second-order valence-corrected chi connectivity index (χ2v) is 4.48. The molecule has 0 bridgehead atoms. The molecule has 1 heterocycles. The van der Waals surface area contributed by atoms with Crippen LogP contribution >= 0.6 is 0 Å². The summed E-state index contributed by atoms with van der Waals surface area (Å²) in [5, 5.41) is 3.55. The van der Waals surface area contributed by atoms with Gasteiger partial charge < -0.3 is 9.73 Å². The number of hydrogen-bond acceptors (Lipinski definition) is 2. The first-order valence-electron chi connectivity index (χ1n) is 6.03. The van der Waals surface area contributed by atoms with Gasteiger partial charge in [-0.05, 0) is 44.0 Å². The van der Waals surface area contributed by atoms with Gasteiger partial charge in [-0.15, -0.1) is 0 Å². The van der Waals surface area contributed by atoms with E-state index >= 15 is 0 Å². The molecule has 0 aliphatic carbocycles. The SMILES string of the molecule is Cc1ccccc1C(C)N[C@@H](C)c1ccco1. The van der Waals surface area contributed by atoms with Gasteiger partial charge in [-0.2, -0.15) is 0 Å². The Morgan fingerprint density at radius 1 is 1.00 bits per heavy atom. The highest BCUT2D eigenvalue weighted by atomic mass is 16.3. The largest absolute Gasteiger partial charge is 0.468 e. The second kappa shape index (κ2) is 5.19. The maximum absolute atomic E-state index is 5.40. The quantitative estimate of drug-likeness (QED) is 0.857. The molecule has 0 aliphatic rings. The third-order valence-corrected chi connectivity index (χ3v) is 3.12. The standard InChI is InChI=1S/C15H19NO/c1-11-7-4-5-8-14(11)12(2)16-13(3)15-9-6-10-17-15/h4-10,12-13,16H,1-3H3/t12?,13-/m0/s1. The van der Waals surface area contributed by atoms with E-state index in [2.05, 4.69) is 50.4 Å². The van der Waals surface area contributed by atoms with Crippen molar-refractivity contribution in [3.05, 3.63) is 59.5 Å². The van der Waals surface area contributed by atoms with Crippen LogP contribution in [-0.4, -0.2) is 0 Å². The molecule has 1 aromatic heterocycles.